The number of nitrogens with zero attached hydrogens (tertiary/aromatic N) is 2. The van der Waals surface area contributed by atoms with E-state index in [0.717, 1.165) is 13.0 Å². The van der Waals surface area contributed by atoms with Crippen molar-refractivity contribution in [2.45, 2.75) is 19.4 Å². The van der Waals surface area contributed by atoms with Crippen LogP contribution in [0.15, 0.2) is 12.1 Å². The van der Waals surface area contributed by atoms with Gasteiger partial charge in [-0.25, -0.2) is 4.98 Å². The molecule has 1 aromatic carbocycles. The number of benzene rings is 1. The first-order chi connectivity index (χ1) is 10.1. The quantitative estimate of drug-likeness (QED) is 0.703. The summed E-state index contributed by atoms with van der Waals surface area (Å²) in [6.07, 6.45) is 1.50. The molecular formula is C14H19N3O4. The van der Waals surface area contributed by atoms with Crippen LogP contribution in [0.25, 0.3) is 11.0 Å². The van der Waals surface area contributed by atoms with Gasteiger partial charge in [-0.05, 0) is 0 Å². The number of aromatic nitrogens is 2. The highest BCUT2D eigenvalue weighted by atomic mass is 16.5. The van der Waals surface area contributed by atoms with E-state index in [1.807, 2.05) is 0 Å². The highest BCUT2D eigenvalue weighted by Gasteiger charge is 2.15. The molecule has 3 N–H and O–H groups in total. The summed E-state index contributed by atoms with van der Waals surface area (Å²) in [6, 6.07) is 3.48. The number of carboxylic acid groups (broad SMARTS) is 1. The Balaban J connectivity index is 2.58. The van der Waals surface area contributed by atoms with Crippen LogP contribution in [-0.2, 0) is 17.8 Å². The third-order valence-electron chi connectivity index (χ3n) is 3.27. The molecule has 0 amide bonds. The van der Waals surface area contributed by atoms with Crippen molar-refractivity contribution in [2.75, 3.05) is 20.8 Å². The number of carboxylic acids is 1. The molecule has 0 radical (unpaired) electrons. The summed E-state index contributed by atoms with van der Waals surface area (Å²) in [5, 5.41) is 11.0. The van der Waals surface area contributed by atoms with Gasteiger partial charge in [-0.15, -0.1) is 0 Å². The number of aryl methyl sites for hydroxylation is 1. The lowest BCUT2D eigenvalue weighted by atomic mass is 10.2. The van der Waals surface area contributed by atoms with Crippen molar-refractivity contribution in [3.05, 3.63) is 18.0 Å². The van der Waals surface area contributed by atoms with Gasteiger partial charge in [0.05, 0.1) is 44.3 Å². The molecule has 2 rings (SSSR count). The smallest absolute Gasteiger partial charge is 0.163 e. The number of quaternary nitrogens is 1. The molecule has 21 heavy (non-hydrogen) atoms. The van der Waals surface area contributed by atoms with E-state index in [1.165, 1.54) is 7.11 Å². The van der Waals surface area contributed by atoms with Gasteiger partial charge < -0.3 is 29.7 Å². The zero-order chi connectivity index (χ0) is 15.4. The van der Waals surface area contributed by atoms with Crippen molar-refractivity contribution in [3.8, 4) is 11.5 Å². The van der Waals surface area contributed by atoms with E-state index in [4.69, 9.17) is 9.47 Å². The molecule has 0 aliphatic heterocycles. The summed E-state index contributed by atoms with van der Waals surface area (Å²) in [6.45, 7) is 0.527. The van der Waals surface area contributed by atoms with Gasteiger partial charge in [0.25, 0.3) is 0 Å². The number of hydrogen-bond acceptors (Lipinski definition) is 5. The van der Waals surface area contributed by atoms with Crippen LogP contribution in [0.3, 0.4) is 0 Å². The van der Waals surface area contributed by atoms with E-state index >= 15 is 0 Å². The molecule has 0 saturated carbocycles. The van der Waals surface area contributed by atoms with Crippen LogP contribution in [0.5, 0.6) is 11.5 Å². The fraction of sp³-hybridized carbons (Fsp3) is 0.429. The van der Waals surface area contributed by atoms with Gasteiger partial charge in [0, 0.05) is 25.0 Å². The lowest BCUT2D eigenvalue weighted by Crippen LogP contribution is -2.50. The third kappa shape index (κ3) is 3.08. The summed E-state index contributed by atoms with van der Waals surface area (Å²) in [5.74, 6) is 0.646. The maximum Gasteiger partial charge on any atom is 0.163 e. The SMILES string of the molecule is COc1cc2nc(CCC[NH3+])n(CC(=O)[O-])c2cc1OC. The van der Waals surface area contributed by atoms with E-state index in [9.17, 15) is 9.90 Å². The Labute approximate surface area is 122 Å². The molecule has 0 saturated heterocycles. The van der Waals surface area contributed by atoms with Crippen molar-refractivity contribution in [3.63, 3.8) is 0 Å². The molecule has 0 fully saturated rings. The standard InChI is InChI=1S/C14H19N3O4/c1-20-11-6-9-10(7-12(11)21-2)17(8-14(18)19)13(16-9)4-3-5-15/h6-7H,3-5,8,15H2,1-2H3,(H,18,19). The number of aliphatic carboxylic acids is 1. The van der Waals surface area contributed by atoms with Gasteiger partial charge in [0.2, 0.25) is 0 Å². The van der Waals surface area contributed by atoms with E-state index in [-0.39, 0.29) is 6.54 Å². The van der Waals surface area contributed by atoms with E-state index < -0.39 is 5.97 Å². The number of ether oxygens (including phenoxy) is 2. The van der Waals surface area contributed by atoms with Gasteiger partial charge >= 0.3 is 0 Å². The predicted molar refractivity (Wildman–Crippen MR) is 73.9 cm³/mol. The number of carbonyl (C=O) groups is 1. The molecule has 0 spiro atoms. The minimum atomic E-state index is -1.15. The van der Waals surface area contributed by atoms with E-state index in [1.54, 1.807) is 23.8 Å². The average Bonchev–Trinajstić information content (AvgIpc) is 2.80. The Kier molecular flexibility index (Phi) is 4.64. The third-order valence-corrected chi connectivity index (χ3v) is 3.27. The van der Waals surface area contributed by atoms with Crippen LogP contribution in [0.1, 0.15) is 12.2 Å². The Hall–Kier alpha value is -2.28. The molecule has 114 valence electrons. The zero-order valence-corrected chi connectivity index (χ0v) is 12.2. The summed E-state index contributed by atoms with van der Waals surface area (Å²) in [5.41, 5.74) is 5.16. The summed E-state index contributed by atoms with van der Waals surface area (Å²) < 4.78 is 12.1. The highest BCUT2D eigenvalue weighted by molar-refractivity contribution is 5.82. The van der Waals surface area contributed by atoms with Gasteiger partial charge in [0.15, 0.2) is 11.5 Å². The topological polar surface area (TPSA) is 104 Å². The highest BCUT2D eigenvalue weighted by Crippen LogP contribution is 2.32. The second kappa shape index (κ2) is 6.45. The first kappa shape index (κ1) is 15.1. The molecule has 7 nitrogen and oxygen atoms in total. The average molecular weight is 293 g/mol. The van der Waals surface area contributed by atoms with E-state index in [0.29, 0.717) is 34.8 Å². The van der Waals surface area contributed by atoms with Crippen LogP contribution in [-0.4, -0.2) is 36.3 Å². The van der Waals surface area contributed by atoms with Crippen molar-refractivity contribution in [1.29, 1.82) is 0 Å². The lowest BCUT2D eigenvalue weighted by molar-refractivity contribution is -0.368. The molecule has 0 aliphatic carbocycles. The van der Waals surface area contributed by atoms with Crippen LogP contribution in [0.4, 0.5) is 0 Å². The molecule has 1 aromatic heterocycles. The zero-order valence-electron chi connectivity index (χ0n) is 12.2. The van der Waals surface area contributed by atoms with Gasteiger partial charge in [-0.1, -0.05) is 0 Å². The van der Waals surface area contributed by atoms with Crippen LogP contribution in [0.2, 0.25) is 0 Å². The molecule has 0 atom stereocenters. The molecule has 2 aromatic rings. The van der Waals surface area contributed by atoms with Crippen molar-refractivity contribution >= 4 is 17.0 Å². The lowest BCUT2D eigenvalue weighted by Gasteiger charge is -2.11. The number of fused-ring (bicyclic) bond motifs is 1. The summed E-state index contributed by atoms with van der Waals surface area (Å²) >= 11 is 0. The molecular weight excluding hydrogens is 274 g/mol. The number of methoxy groups -OCH3 is 2. The Morgan fingerprint density at radius 1 is 1.33 bits per heavy atom. The molecule has 0 aliphatic rings. The van der Waals surface area contributed by atoms with Crippen molar-refractivity contribution < 1.29 is 25.1 Å². The van der Waals surface area contributed by atoms with Gasteiger partial charge in [-0.3, -0.25) is 0 Å². The van der Waals surface area contributed by atoms with Crippen LogP contribution < -0.4 is 20.3 Å². The van der Waals surface area contributed by atoms with Crippen LogP contribution in [0, 0.1) is 0 Å². The first-order valence-corrected chi connectivity index (χ1v) is 6.71. The molecule has 0 bridgehead atoms. The summed E-state index contributed by atoms with van der Waals surface area (Å²) in [4.78, 5) is 15.5. The van der Waals surface area contributed by atoms with Gasteiger partial charge in [-0.2, -0.15) is 0 Å². The Morgan fingerprint density at radius 2 is 2.00 bits per heavy atom. The Bertz CT molecular complexity index is 651. The molecule has 0 unspecified atom stereocenters. The number of hydrogen-bond donors (Lipinski definition) is 1. The van der Waals surface area contributed by atoms with Crippen molar-refractivity contribution in [2.24, 2.45) is 0 Å². The minimum Gasteiger partial charge on any atom is -0.548 e. The van der Waals surface area contributed by atoms with Crippen LogP contribution >= 0.6 is 0 Å². The monoisotopic (exact) mass is 293 g/mol. The molecule has 1 heterocycles. The number of imidazole rings is 1. The second-order valence-electron chi connectivity index (χ2n) is 4.64. The predicted octanol–water partition coefficient (Wildman–Crippen LogP) is -1.02. The number of carbonyl (C=O) groups excluding carboxylic acids is 1. The molecule has 7 heteroatoms. The fourth-order valence-corrected chi connectivity index (χ4v) is 2.28. The largest absolute Gasteiger partial charge is 0.548 e. The maximum absolute atomic E-state index is 11.0. The summed E-state index contributed by atoms with van der Waals surface area (Å²) in [7, 11) is 3.08. The normalized spacial score (nSPS) is 10.8. The fourth-order valence-electron chi connectivity index (χ4n) is 2.28. The maximum atomic E-state index is 11.0. The first-order valence-electron chi connectivity index (χ1n) is 6.71. The number of rotatable bonds is 7. The van der Waals surface area contributed by atoms with Gasteiger partial charge in [0.1, 0.15) is 5.82 Å². The van der Waals surface area contributed by atoms with Crippen molar-refractivity contribution in [1.82, 2.24) is 9.55 Å². The Morgan fingerprint density at radius 3 is 2.57 bits per heavy atom. The van der Waals surface area contributed by atoms with E-state index in [2.05, 4.69) is 10.7 Å². The minimum absolute atomic E-state index is 0.238. The second-order valence-corrected chi connectivity index (χ2v) is 4.64.